The van der Waals surface area contributed by atoms with Crippen molar-refractivity contribution in [2.45, 2.75) is 5.92 Å². The molecule has 0 radical (unpaired) electrons. The summed E-state index contributed by atoms with van der Waals surface area (Å²) in [7, 11) is 0. The molecule has 0 N–H and O–H groups in total. The summed E-state index contributed by atoms with van der Waals surface area (Å²) in [5, 5.41) is 7.63. The molecule has 8 rings (SSSR count). The normalized spacial score (nSPS) is 13.9. The standard InChI is InChI=1S/C38H23N/c1-39-28-18-20-34-36(23-28)31-15-6-7-16-32(31)38(34)27-12-8-11-26(21-27)37-30-14-5-3-10-25(30)22-35-29-13-4-2-9-24(29)17-19-33(35)37/h2-23,38H. The summed E-state index contributed by atoms with van der Waals surface area (Å²) in [6.07, 6.45) is 0. The van der Waals surface area contributed by atoms with E-state index < -0.39 is 0 Å². The fourth-order valence-electron chi connectivity index (χ4n) is 6.62. The number of nitrogens with zero attached hydrogens (tertiary/aromatic N) is 1. The number of hydrogen-bond donors (Lipinski definition) is 0. The fourth-order valence-corrected chi connectivity index (χ4v) is 6.62. The summed E-state index contributed by atoms with van der Waals surface area (Å²) in [6.45, 7) is 7.54. The molecule has 1 heteroatoms. The van der Waals surface area contributed by atoms with Crippen LogP contribution in [0, 0.1) is 6.57 Å². The predicted octanol–water partition coefficient (Wildman–Crippen LogP) is 10.5. The second kappa shape index (κ2) is 8.42. The number of hydrogen-bond acceptors (Lipinski definition) is 0. The molecular weight excluding hydrogens is 470 g/mol. The minimum absolute atomic E-state index is 0.137. The Balaban J connectivity index is 1.40. The van der Waals surface area contributed by atoms with E-state index in [1.54, 1.807) is 0 Å². The molecule has 0 bridgehead atoms. The Kier molecular flexibility index (Phi) is 4.72. The summed E-state index contributed by atoms with van der Waals surface area (Å²) >= 11 is 0. The van der Waals surface area contributed by atoms with E-state index in [0.717, 1.165) is 0 Å². The molecule has 0 heterocycles. The average molecular weight is 494 g/mol. The first-order valence-corrected chi connectivity index (χ1v) is 13.3. The maximum absolute atomic E-state index is 7.54. The highest BCUT2D eigenvalue weighted by Crippen LogP contribution is 2.50. The van der Waals surface area contributed by atoms with Gasteiger partial charge in [0, 0.05) is 5.92 Å². The minimum Gasteiger partial charge on any atom is -0.238 e. The first kappa shape index (κ1) is 21.9. The summed E-state index contributed by atoms with van der Waals surface area (Å²) in [5.74, 6) is 0.137. The van der Waals surface area contributed by atoms with Crippen LogP contribution in [-0.2, 0) is 0 Å². The van der Waals surface area contributed by atoms with Gasteiger partial charge in [-0.05, 0) is 83.4 Å². The molecule has 0 saturated heterocycles. The van der Waals surface area contributed by atoms with Crippen molar-refractivity contribution in [3.05, 3.63) is 162 Å². The van der Waals surface area contributed by atoms with Crippen LogP contribution in [0.3, 0.4) is 0 Å². The molecule has 0 fully saturated rings. The van der Waals surface area contributed by atoms with Gasteiger partial charge in [0.15, 0.2) is 5.69 Å². The molecule has 1 unspecified atom stereocenters. The Hall–Kier alpha value is -5.19. The molecule has 1 atom stereocenters. The van der Waals surface area contributed by atoms with Crippen LogP contribution >= 0.6 is 0 Å². The lowest BCUT2D eigenvalue weighted by molar-refractivity contribution is 1.02. The zero-order valence-corrected chi connectivity index (χ0v) is 21.2. The van der Waals surface area contributed by atoms with Crippen molar-refractivity contribution in [1.29, 1.82) is 0 Å². The third-order valence-electron chi connectivity index (χ3n) is 8.32. The van der Waals surface area contributed by atoms with Crippen molar-refractivity contribution in [3.63, 3.8) is 0 Å². The van der Waals surface area contributed by atoms with Crippen LogP contribution in [0.4, 0.5) is 5.69 Å². The van der Waals surface area contributed by atoms with Crippen LogP contribution in [0.5, 0.6) is 0 Å². The molecule has 1 aliphatic carbocycles. The van der Waals surface area contributed by atoms with E-state index in [1.807, 2.05) is 12.1 Å². The zero-order valence-electron chi connectivity index (χ0n) is 21.2. The highest BCUT2D eigenvalue weighted by Gasteiger charge is 2.30. The Morgan fingerprint density at radius 3 is 2.15 bits per heavy atom. The predicted molar refractivity (Wildman–Crippen MR) is 163 cm³/mol. The average Bonchev–Trinajstić information content (AvgIpc) is 3.33. The van der Waals surface area contributed by atoms with Gasteiger partial charge in [-0.25, -0.2) is 4.85 Å². The van der Waals surface area contributed by atoms with Gasteiger partial charge in [-0.3, -0.25) is 0 Å². The molecule has 1 aliphatic rings. The van der Waals surface area contributed by atoms with Gasteiger partial charge in [0.05, 0.1) is 6.57 Å². The number of rotatable bonds is 2. The molecule has 0 aromatic heterocycles. The molecule has 0 saturated carbocycles. The fraction of sp³-hybridized carbons (Fsp3) is 0.0263. The van der Waals surface area contributed by atoms with Crippen molar-refractivity contribution in [2.75, 3.05) is 0 Å². The lowest BCUT2D eigenvalue weighted by Gasteiger charge is -2.18. The molecular formula is C38H23N. The maximum atomic E-state index is 7.54. The second-order valence-electron chi connectivity index (χ2n) is 10.4. The summed E-state index contributed by atoms with van der Waals surface area (Å²) < 4.78 is 0. The number of benzene rings is 7. The van der Waals surface area contributed by atoms with Gasteiger partial charge in [-0.1, -0.05) is 121 Å². The monoisotopic (exact) mass is 493 g/mol. The molecule has 7 aromatic carbocycles. The Bertz CT molecular complexity index is 2140. The molecule has 1 nitrogen and oxygen atoms in total. The minimum atomic E-state index is 0.137. The van der Waals surface area contributed by atoms with Gasteiger partial charge in [0.25, 0.3) is 0 Å². The smallest absolute Gasteiger partial charge is 0.187 e. The lowest BCUT2D eigenvalue weighted by Crippen LogP contribution is -1.99. The Labute approximate surface area is 227 Å². The Morgan fingerprint density at radius 2 is 1.26 bits per heavy atom. The quantitative estimate of drug-likeness (QED) is 0.128. The maximum Gasteiger partial charge on any atom is 0.187 e. The van der Waals surface area contributed by atoms with Gasteiger partial charge in [-0.15, -0.1) is 0 Å². The van der Waals surface area contributed by atoms with Crippen molar-refractivity contribution in [1.82, 2.24) is 0 Å². The van der Waals surface area contributed by atoms with E-state index in [-0.39, 0.29) is 5.92 Å². The topological polar surface area (TPSA) is 4.36 Å². The van der Waals surface area contributed by atoms with E-state index in [0.29, 0.717) is 5.69 Å². The lowest BCUT2D eigenvalue weighted by atomic mass is 9.85. The van der Waals surface area contributed by atoms with E-state index in [1.165, 1.54) is 71.3 Å². The molecule has 39 heavy (non-hydrogen) atoms. The number of fused-ring (bicyclic) bond motifs is 7. The van der Waals surface area contributed by atoms with Gasteiger partial charge >= 0.3 is 0 Å². The van der Waals surface area contributed by atoms with Gasteiger partial charge in [0.2, 0.25) is 0 Å². The Morgan fingerprint density at radius 1 is 0.487 bits per heavy atom. The van der Waals surface area contributed by atoms with E-state index in [4.69, 9.17) is 6.57 Å². The molecule has 7 aromatic rings. The highest BCUT2D eigenvalue weighted by molar-refractivity contribution is 6.20. The third kappa shape index (κ3) is 3.26. The van der Waals surface area contributed by atoms with Gasteiger partial charge in [0.1, 0.15) is 0 Å². The van der Waals surface area contributed by atoms with Gasteiger partial charge < -0.3 is 0 Å². The highest BCUT2D eigenvalue weighted by atomic mass is 14.6. The molecule has 0 aliphatic heterocycles. The second-order valence-corrected chi connectivity index (χ2v) is 10.4. The zero-order chi connectivity index (χ0) is 25.9. The van der Waals surface area contributed by atoms with Crippen LogP contribution in [0.2, 0.25) is 0 Å². The van der Waals surface area contributed by atoms with Crippen molar-refractivity contribution < 1.29 is 0 Å². The van der Waals surface area contributed by atoms with Gasteiger partial charge in [-0.2, -0.15) is 0 Å². The van der Waals surface area contributed by atoms with Crippen LogP contribution in [0.25, 0.3) is 59.4 Å². The summed E-state index contributed by atoms with van der Waals surface area (Å²) in [6, 6.07) is 48.2. The van der Waals surface area contributed by atoms with E-state index >= 15 is 0 Å². The van der Waals surface area contributed by atoms with E-state index in [9.17, 15) is 0 Å². The van der Waals surface area contributed by atoms with Crippen molar-refractivity contribution in [3.8, 4) is 22.3 Å². The van der Waals surface area contributed by atoms with Crippen LogP contribution < -0.4 is 0 Å². The summed E-state index contributed by atoms with van der Waals surface area (Å²) in [5.41, 5.74) is 9.46. The molecule has 180 valence electrons. The largest absolute Gasteiger partial charge is 0.238 e. The van der Waals surface area contributed by atoms with Crippen LogP contribution in [0.1, 0.15) is 22.6 Å². The SMILES string of the molecule is [C-]#[N+]c1ccc2c(c1)-c1ccccc1C2c1cccc(-c2c3ccccc3cc3c2ccc2ccccc23)c1. The molecule has 0 spiro atoms. The van der Waals surface area contributed by atoms with E-state index in [2.05, 4.69) is 126 Å². The first-order valence-electron chi connectivity index (χ1n) is 13.3. The van der Waals surface area contributed by atoms with Crippen LogP contribution in [0.15, 0.2) is 133 Å². The summed E-state index contributed by atoms with van der Waals surface area (Å²) in [4.78, 5) is 3.70. The van der Waals surface area contributed by atoms with Crippen LogP contribution in [-0.4, -0.2) is 0 Å². The molecule has 0 amide bonds. The van der Waals surface area contributed by atoms with Crippen molar-refractivity contribution >= 4 is 38.0 Å². The van der Waals surface area contributed by atoms with Crippen molar-refractivity contribution in [2.24, 2.45) is 0 Å². The first-order chi connectivity index (χ1) is 19.3. The third-order valence-corrected chi connectivity index (χ3v) is 8.32.